The quantitative estimate of drug-likeness (QED) is 0.640. The molecule has 7 nitrogen and oxygen atoms in total. The number of nitrogens with two attached hydrogens (primary N) is 1. The topological polar surface area (TPSA) is 92.9 Å². The number of primary sulfonamides is 1. The highest BCUT2D eigenvalue weighted by atomic mass is 32.2. The number of piperazine rings is 1. The van der Waals surface area contributed by atoms with Crippen molar-refractivity contribution in [2.75, 3.05) is 26.2 Å². The number of carbonyl (C=O) groups excluding carboxylic acids is 1. The van der Waals surface area contributed by atoms with Crippen LogP contribution >= 0.6 is 0 Å². The minimum absolute atomic E-state index is 0.00121. The minimum Gasteiger partial charge on any atom is -0.484 e. The van der Waals surface area contributed by atoms with E-state index in [9.17, 15) is 17.6 Å². The predicted octanol–water partition coefficient (Wildman–Crippen LogP) is 2.62. The van der Waals surface area contributed by atoms with E-state index in [0.29, 0.717) is 43.1 Å². The van der Waals surface area contributed by atoms with E-state index < -0.39 is 16.1 Å². The summed E-state index contributed by atoms with van der Waals surface area (Å²) >= 11 is 0. The molecule has 0 radical (unpaired) electrons. The van der Waals surface area contributed by atoms with Gasteiger partial charge in [0.15, 0.2) is 0 Å². The lowest BCUT2D eigenvalue weighted by molar-refractivity contribution is -0.130. The van der Waals surface area contributed by atoms with Crippen molar-refractivity contribution in [1.82, 2.24) is 9.80 Å². The minimum atomic E-state index is -3.81. The first kappa shape index (κ1) is 23.9. The molecule has 0 aliphatic carbocycles. The zero-order valence-electron chi connectivity index (χ0n) is 18.2. The molecule has 2 aromatic carbocycles. The van der Waals surface area contributed by atoms with E-state index in [1.165, 1.54) is 36.4 Å². The van der Waals surface area contributed by atoms with E-state index in [2.05, 4.69) is 11.5 Å². The van der Waals surface area contributed by atoms with Gasteiger partial charge in [-0.15, -0.1) is 0 Å². The van der Waals surface area contributed by atoms with Crippen LogP contribution in [0.15, 0.2) is 60.0 Å². The number of carbonyl (C=O) groups is 1. The van der Waals surface area contributed by atoms with Gasteiger partial charge in [-0.3, -0.25) is 9.69 Å². The van der Waals surface area contributed by atoms with Gasteiger partial charge in [-0.25, -0.2) is 17.9 Å². The summed E-state index contributed by atoms with van der Waals surface area (Å²) in [5, 5.41) is 5.16. The van der Waals surface area contributed by atoms with Crippen LogP contribution in [0.25, 0.3) is 0 Å². The van der Waals surface area contributed by atoms with Crippen molar-refractivity contribution in [2.45, 2.75) is 30.9 Å². The summed E-state index contributed by atoms with van der Waals surface area (Å²) in [7, 11) is -3.81. The molecule has 0 saturated carbocycles. The molecule has 0 spiro atoms. The maximum atomic E-state index is 14.3. The summed E-state index contributed by atoms with van der Waals surface area (Å²) in [6.45, 7) is 9.53. The molecule has 1 aliphatic rings. The molecular formula is C23H28FN3O4S. The molecule has 0 unspecified atom stereocenters. The zero-order chi connectivity index (χ0) is 23.5. The normalized spacial score (nSPS) is 18.2. The molecule has 2 aromatic rings. The molecule has 1 fully saturated rings. The fraction of sp³-hybridized carbons (Fsp3) is 0.348. The Morgan fingerprint density at radius 2 is 1.97 bits per heavy atom. The number of halogens is 1. The Hall–Kier alpha value is -2.75. The van der Waals surface area contributed by atoms with E-state index in [1.807, 2.05) is 13.0 Å². The monoisotopic (exact) mass is 461 g/mol. The molecule has 0 aromatic heterocycles. The number of nitrogens with zero attached hydrogens (tertiary/aromatic N) is 2. The van der Waals surface area contributed by atoms with Gasteiger partial charge in [-0.2, -0.15) is 0 Å². The fourth-order valence-electron chi connectivity index (χ4n) is 3.77. The first-order chi connectivity index (χ1) is 15.1. The van der Waals surface area contributed by atoms with Crippen LogP contribution in [-0.4, -0.2) is 56.3 Å². The van der Waals surface area contributed by atoms with Gasteiger partial charge in [0, 0.05) is 32.2 Å². The van der Waals surface area contributed by atoms with E-state index in [4.69, 9.17) is 9.88 Å². The average Bonchev–Trinajstić information content (AvgIpc) is 2.74. The molecule has 1 aliphatic heterocycles. The van der Waals surface area contributed by atoms with Gasteiger partial charge in [0.05, 0.1) is 4.90 Å². The third kappa shape index (κ3) is 5.73. The Labute approximate surface area is 188 Å². The molecule has 172 valence electrons. The number of ether oxygens (including phenoxy) is 1. The second kappa shape index (κ2) is 9.81. The van der Waals surface area contributed by atoms with Crippen LogP contribution in [0.2, 0.25) is 0 Å². The number of rotatable bonds is 7. The summed E-state index contributed by atoms with van der Waals surface area (Å²) in [5.41, 5.74) is 1.20. The van der Waals surface area contributed by atoms with Gasteiger partial charge < -0.3 is 9.64 Å². The average molecular weight is 462 g/mol. The smallest absolute Gasteiger partial charge is 0.246 e. The van der Waals surface area contributed by atoms with Gasteiger partial charge in [-0.05, 0) is 61.4 Å². The van der Waals surface area contributed by atoms with Gasteiger partial charge in [0.2, 0.25) is 15.9 Å². The van der Waals surface area contributed by atoms with Gasteiger partial charge in [-0.1, -0.05) is 18.7 Å². The highest BCUT2D eigenvalue weighted by Crippen LogP contribution is 2.26. The van der Waals surface area contributed by atoms with Crippen molar-refractivity contribution in [2.24, 2.45) is 5.14 Å². The second-order valence-corrected chi connectivity index (χ2v) is 9.54. The first-order valence-electron chi connectivity index (χ1n) is 10.3. The molecule has 1 amide bonds. The third-order valence-electron chi connectivity index (χ3n) is 5.59. The number of aryl methyl sites for hydroxylation is 1. The SMILES string of the molecule is C=CC(=O)N1CCN(C[C@H](Oc2ccc(S(N)(=O)=O)cc2)c2ccc(C)c(F)c2)C[C@H]1C. The second-order valence-electron chi connectivity index (χ2n) is 7.98. The summed E-state index contributed by atoms with van der Waals surface area (Å²) < 4.78 is 43.4. The predicted molar refractivity (Wildman–Crippen MR) is 120 cm³/mol. The van der Waals surface area contributed by atoms with E-state index >= 15 is 0 Å². The summed E-state index contributed by atoms with van der Waals surface area (Å²) in [6.07, 6.45) is 0.817. The molecular weight excluding hydrogens is 433 g/mol. The summed E-state index contributed by atoms with van der Waals surface area (Å²) in [5.74, 6) is 0.0212. The van der Waals surface area contributed by atoms with Crippen LogP contribution in [0.4, 0.5) is 4.39 Å². The largest absolute Gasteiger partial charge is 0.484 e. The summed E-state index contributed by atoms with van der Waals surface area (Å²) in [4.78, 5) is 15.9. The Morgan fingerprint density at radius 1 is 1.28 bits per heavy atom. The highest BCUT2D eigenvalue weighted by Gasteiger charge is 2.28. The first-order valence-corrected chi connectivity index (χ1v) is 11.8. The Morgan fingerprint density at radius 3 is 2.53 bits per heavy atom. The van der Waals surface area contributed by atoms with Gasteiger partial charge in [0.1, 0.15) is 17.7 Å². The number of sulfonamides is 1. The Kier molecular flexibility index (Phi) is 7.33. The third-order valence-corrected chi connectivity index (χ3v) is 6.52. The van der Waals surface area contributed by atoms with Crippen molar-refractivity contribution >= 4 is 15.9 Å². The molecule has 9 heteroatoms. The molecule has 3 rings (SSSR count). The van der Waals surface area contributed by atoms with Crippen molar-refractivity contribution in [3.8, 4) is 5.75 Å². The standard InChI is InChI=1S/C23H28FN3O4S/c1-4-23(28)27-12-11-26(14-17(27)3)15-22(18-6-5-16(2)21(24)13-18)31-19-7-9-20(10-8-19)32(25,29)30/h4-10,13,17,22H,1,11-12,14-15H2,2-3H3,(H2,25,29,30)/t17-,22+/m1/s1. The van der Waals surface area contributed by atoms with Crippen LogP contribution in [-0.2, 0) is 14.8 Å². The lowest BCUT2D eigenvalue weighted by atomic mass is 10.0. The number of benzene rings is 2. The van der Waals surface area contributed by atoms with Crippen LogP contribution in [0.1, 0.15) is 24.2 Å². The number of hydrogen-bond donors (Lipinski definition) is 1. The van der Waals surface area contributed by atoms with Crippen molar-refractivity contribution in [1.29, 1.82) is 0 Å². The van der Waals surface area contributed by atoms with Crippen LogP contribution in [0, 0.1) is 12.7 Å². The van der Waals surface area contributed by atoms with Crippen LogP contribution in [0.3, 0.4) is 0 Å². The Balaban J connectivity index is 1.81. The fourth-order valence-corrected chi connectivity index (χ4v) is 4.29. The number of amides is 1. The maximum Gasteiger partial charge on any atom is 0.246 e. The van der Waals surface area contributed by atoms with Crippen LogP contribution in [0.5, 0.6) is 5.75 Å². The molecule has 2 atom stereocenters. The number of hydrogen-bond acceptors (Lipinski definition) is 5. The van der Waals surface area contributed by atoms with Crippen LogP contribution < -0.4 is 9.88 Å². The van der Waals surface area contributed by atoms with E-state index in [1.54, 1.807) is 17.9 Å². The molecule has 1 saturated heterocycles. The summed E-state index contributed by atoms with van der Waals surface area (Å²) in [6, 6.07) is 10.8. The molecule has 2 N–H and O–H groups in total. The van der Waals surface area contributed by atoms with E-state index in [0.717, 1.165) is 0 Å². The zero-order valence-corrected chi connectivity index (χ0v) is 19.0. The van der Waals surface area contributed by atoms with Crippen molar-refractivity contribution in [3.63, 3.8) is 0 Å². The van der Waals surface area contributed by atoms with E-state index in [-0.39, 0.29) is 22.7 Å². The molecule has 1 heterocycles. The highest BCUT2D eigenvalue weighted by molar-refractivity contribution is 7.89. The van der Waals surface area contributed by atoms with Gasteiger partial charge >= 0.3 is 0 Å². The van der Waals surface area contributed by atoms with Gasteiger partial charge in [0.25, 0.3) is 0 Å². The molecule has 32 heavy (non-hydrogen) atoms. The molecule has 0 bridgehead atoms. The maximum absolute atomic E-state index is 14.3. The lowest BCUT2D eigenvalue weighted by Gasteiger charge is -2.40. The van der Waals surface area contributed by atoms with Crippen molar-refractivity contribution < 1.29 is 22.3 Å². The Bertz CT molecular complexity index is 1090. The van der Waals surface area contributed by atoms with Crippen molar-refractivity contribution in [3.05, 3.63) is 72.1 Å². The lowest BCUT2D eigenvalue weighted by Crippen LogP contribution is -2.54.